The predicted octanol–water partition coefficient (Wildman–Crippen LogP) is 1.97. The Morgan fingerprint density at radius 1 is 1.41 bits per heavy atom. The summed E-state index contributed by atoms with van der Waals surface area (Å²) >= 11 is 0. The standard InChI is InChI=1S/C17H22FN5O3S/c1-21(2)27(25,26)14-5-6-15(18)16(10-14)20-17(24)23-8-3-4-13(23)11-22-9-7-19-12-22/h5-7,9-10,12-13H,3-4,8,11H2,1-2H3,(H,20,24). The van der Waals surface area contributed by atoms with Crippen molar-refractivity contribution in [1.29, 1.82) is 0 Å². The molecule has 146 valence electrons. The Balaban J connectivity index is 1.77. The molecular formula is C17H22FN5O3S. The van der Waals surface area contributed by atoms with Gasteiger partial charge in [-0.05, 0) is 31.0 Å². The lowest BCUT2D eigenvalue weighted by Gasteiger charge is -2.25. The summed E-state index contributed by atoms with van der Waals surface area (Å²) in [6.07, 6.45) is 6.87. The van der Waals surface area contributed by atoms with Gasteiger partial charge in [0.15, 0.2) is 0 Å². The topological polar surface area (TPSA) is 87.5 Å². The third-order valence-corrected chi connectivity index (χ3v) is 6.39. The average Bonchev–Trinajstić information content (AvgIpc) is 3.28. The van der Waals surface area contributed by atoms with Gasteiger partial charge in [0.1, 0.15) is 5.82 Å². The van der Waals surface area contributed by atoms with Gasteiger partial charge in [-0.3, -0.25) is 0 Å². The number of amides is 2. The first kappa shape index (κ1) is 19.3. The van der Waals surface area contributed by atoms with Crippen molar-refractivity contribution in [3.05, 3.63) is 42.7 Å². The van der Waals surface area contributed by atoms with Crippen LogP contribution >= 0.6 is 0 Å². The average molecular weight is 395 g/mol. The number of aromatic nitrogens is 2. The fourth-order valence-electron chi connectivity index (χ4n) is 3.09. The third-order valence-electron chi connectivity index (χ3n) is 4.58. The first-order chi connectivity index (χ1) is 12.8. The SMILES string of the molecule is CN(C)S(=O)(=O)c1ccc(F)c(NC(=O)N2CCCC2Cn2ccnc2)c1. The zero-order valence-corrected chi connectivity index (χ0v) is 16.0. The maximum Gasteiger partial charge on any atom is 0.322 e. The lowest BCUT2D eigenvalue weighted by Crippen LogP contribution is -2.40. The number of anilines is 1. The Morgan fingerprint density at radius 3 is 2.85 bits per heavy atom. The summed E-state index contributed by atoms with van der Waals surface area (Å²) in [7, 11) is -0.943. The van der Waals surface area contributed by atoms with Gasteiger partial charge in [-0.1, -0.05) is 0 Å². The molecule has 8 nitrogen and oxygen atoms in total. The fourth-order valence-corrected chi connectivity index (χ4v) is 4.02. The van der Waals surface area contributed by atoms with E-state index >= 15 is 0 Å². The summed E-state index contributed by atoms with van der Waals surface area (Å²) in [5.41, 5.74) is -0.156. The van der Waals surface area contributed by atoms with Gasteiger partial charge < -0.3 is 14.8 Å². The molecule has 2 heterocycles. The first-order valence-electron chi connectivity index (χ1n) is 8.54. The molecule has 1 aliphatic heterocycles. The van der Waals surface area contributed by atoms with Crippen LogP contribution in [0.3, 0.4) is 0 Å². The molecule has 27 heavy (non-hydrogen) atoms. The van der Waals surface area contributed by atoms with Crippen LogP contribution in [0.1, 0.15) is 12.8 Å². The van der Waals surface area contributed by atoms with Crippen molar-refractivity contribution in [3.8, 4) is 0 Å². The Kier molecular flexibility index (Phi) is 5.47. The van der Waals surface area contributed by atoms with Crippen molar-refractivity contribution < 1.29 is 17.6 Å². The summed E-state index contributed by atoms with van der Waals surface area (Å²) in [6.45, 7) is 1.16. The molecule has 1 atom stereocenters. The number of nitrogens with one attached hydrogen (secondary N) is 1. The van der Waals surface area contributed by atoms with E-state index in [1.807, 2.05) is 10.8 Å². The molecule has 2 aromatic rings. The summed E-state index contributed by atoms with van der Waals surface area (Å²) in [4.78, 5) is 18.2. The zero-order valence-electron chi connectivity index (χ0n) is 15.2. The van der Waals surface area contributed by atoms with Gasteiger partial charge >= 0.3 is 6.03 Å². The molecule has 0 bridgehead atoms. The maximum absolute atomic E-state index is 14.2. The number of hydrogen-bond acceptors (Lipinski definition) is 4. The second-order valence-electron chi connectivity index (χ2n) is 6.61. The minimum absolute atomic E-state index is 0.0315. The van der Waals surface area contributed by atoms with Gasteiger partial charge in [-0.25, -0.2) is 26.9 Å². The van der Waals surface area contributed by atoms with Crippen molar-refractivity contribution in [3.63, 3.8) is 0 Å². The number of rotatable bonds is 5. The van der Waals surface area contributed by atoms with Crippen molar-refractivity contribution in [2.45, 2.75) is 30.3 Å². The maximum atomic E-state index is 14.2. The van der Waals surface area contributed by atoms with Gasteiger partial charge in [0.2, 0.25) is 10.0 Å². The molecule has 10 heteroatoms. The summed E-state index contributed by atoms with van der Waals surface area (Å²) in [5, 5.41) is 2.52. The van der Waals surface area contributed by atoms with Crippen LogP contribution in [0.25, 0.3) is 0 Å². The van der Waals surface area contributed by atoms with Crippen LogP contribution < -0.4 is 5.32 Å². The van der Waals surface area contributed by atoms with Crippen molar-refractivity contribution in [2.75, 3.05) is 26.0 Å². The van der Waals surface area contributed by atoms with Crippen LogP contribution in [0.4, 0.5) is 14.9 Å². The van der Waals surface area contributed by atoms with E-state index in [1.54, 1.807) is 17.4 Å². The predicted molar refractivity (Wildman–Crippen MR) is 98.2 cm³/mol. The van der Waals surface area contributed by atoms with E-state index in [-0.39, 0.29) is 16.6 Å². The Hall–Kier alpha value is -2.46. The smallest absolute Gasteiger partial charge is 0.322 e. The highest BCUT2D eigenvalue weighted by molar-refractivity contribution is 7.89. The van der Waals surface area contributed by atoms with Gasteiger partial charge in [0.25, 0.3) is 0 Å². The van der Waals surface area contributed by atoms with E-state index in [0.717, 1.165) is 29.3 Å². The first-order valence-corrected chi connectivity index (χ1v) is 9.98. The molecule has 1 fully saturated rings. The van der Waals surface area contributed by atoms with E-state index in [1.165, 1.54) is 20.2 Å². The van der Waals surface area contributed by atoms with Crippen LogP contribution in [0, 0.1) is 5.82 Å². The van der Waals surface area contributed by atoms with E-state index in [0.29, 0.717) is 13.1 Å². The normalized spacial score (nSPS) is 17.5. The number of likely N-dealkylation sites (tertiary alicyclic amines) is 1. The summed E-state index contributed by atoms with van der Waals surface area (Å²) < 4.78 is 41.6. The number of hydrogen-bond donors (Lipinski definition) is 1. The lowest BCUT2D eigenvalue weighted by molar-refractivity contribution is 0.201. The van der Waals surface area contributed by atoms with E-state index in [4.69, 9.17) is 0 Å². The molecule has 0 spiro atoms. The summed E-state index contributed by atoms with van der Waals surface area (Å²) in [5.74, 6) is -0.689. The van der Waals surface area contributed by atoms with Crippen LogP contribution in [-0.2, 0) is 16.6 Å². The van der Waals surface area contributed by atoms with Gasteiger partial charge in [-0.2, -0.15) is 0 Å². The monoisotopic (exact) mass is 395 g/mol. The second kappa shape index (κ2) is 7.65. The Morgan fingerprint density at radius 2 is 2.19 bits per heavy atom. The molecule has 1 aromatic carbocycles. The molecule has 1 aromatic heterocycles. The highest BCUT2D eigenvalue weighted by Gasteiger charge is 2.29. The molecule has 3 rings (SSSR count). The molecule has 2 amide bonds. The minimum atomic E-state index is -3.72. The number of urea groups is 1. The zero-order chi connectivity index (χ0) is 19.6. The molecule has 1 aliphatic rings. The molecule has 1 N–H and O–H groups in total. The minimum Gasteiger partial charge on any atom is -0.335 e. The van der Waals surface area contributed by atoms with Crippen molar-refractivity contribution in [2.24, 2.45) is 0 Å². The summed E-state index contributed by atoms with van der Waals surface area (Å²) in [6, 6.07) is 2.88. The second-order valence-corrected chi connectivity index (χ2v) is 8.76. The highest BCUT2D eigenvalue weighted by Crippen LogP contribution is 2.24. The molecule has 0 aliphatic carbocycles. The number of nitrogens with zero attached hydrogens (tertiary/aromatic N) is 4. The van der Waals surface area contributed by atoms with Gasteiger partial charge in [-0.15, -0.1) is 0 Å². The highest BCUT2D eigenvalue weighted by atomic mass is 32.2. The van der Waals surface area contributed by atoms with Crippen LogP contribution in [-0.4, -0.2) is 59.9 Å². The Bertz CT molecular complexity index is 915. The molecule has 0 saturated carbocycles. The van der Waals surface area contributed by atoms with Crippen molar-refractivity contribution >= 4 is 21.7 Å². The van der Waals surface area contributed by atoms with E-state index in [9.17, 15) is 17.6 Å². The van der Waals surface area contributed by atoms with Crippen molar-refractivity contribution in [1.82, 2.24) is 18.8 Å². The quantitative estimate of drug-likeness (QED) is 0.838. The number of halogens is 1. The van der Waals surface area contributed by atoms with E-state index in [2.05, 4.69) is 10.3 Å². The van der Waals surface area contributed by atoms with Gasteiger partial charge in [0, 0.05) is 39.6 Å². The molecule has 1 unspecified atom stereocenters. The fraction of sp³-hybridized carbons (Fsp3) is 0.412. The third kappa shape index (κ3) is 4.11. The number of imidazole rings is 1. The van der Waals surface area contributed by atoms with Crippen LogP contribution in [0.15, 0.2) is 41.8 Å². The van der Waals surface area contributed by atoms with Crippen LogP contribution in [0.5, 0.6) is 0 Å². The van der Waals surface area contributed by atoms with E-state index < -0.39 is 21.9 Å². The Labute approximate surface area is 157 Å². The van der Waals surface area contributed by atoms with Crippen LogP contribution in [0.2, 0.25) is 0 Å². The number of sulfonamides is 1. The molecule has 0 radical (unpaired) electrons. The van der Waals surface area contributed by atoms with Gasteiger partial charge in [0.05, 0.1) is 23.0 Å². The largest absolute Gasteiger partial charge is 0.335 e. The number of carbonyl (C=O) groups excluding carboxylic acids is 1. The lowest BCUT2D eigenvalue weighted by atomic mass is 10.2. The number of carbonyl (C=O) groups is 1. The molecule has 1 saturated heterocycles. The molecular weight excluding hydrogens is 373 g/mol. The number of benzene rings is 1.